The Morgan fingerprint density at radius 1 is 1.28 bits per heavy atom. The quantitative estimate of drug-likeness (QED) is 0.466. The van der Waals surface area contributed by atoms with Gasteiger partial charge < -0.3 is 25.1 Å². The number of nitrogen functional groups attached to an aromatic ring is 1. The predicted molar refractivity (Wildman–Crippen MR) is 113 cm³/mol. The van der Waals surface area contributed by atoms with Crippen LogP contribution in [-0.2, 0) is 23.8 Å². The van der Waals surface area contributed by atoms with E-state index < -0.39 is 41.9 Å². The molecule has 0 unspecified atom stereocenters. The van der Waals surface area contributed by atoms with E-state index in [1.54, 1.807) is 27.7 Å². The summed E-state index contributed by atoms with van der Waals surface area (Å²) in [5.41, 5.74) is 4.27. The molecule has 11 nitrogen and oxygen atoms in total. The minimum absolute atomic E-state index is 0.129. The van der Waals surface area contributed by atoms with Crippen molar-refractivity contribution in [3.8, 4) is 11.3 Å². The fourth-order valence-electron chi connectivity index (χ4n) is 3.18. The third-order valence-corrected chi connectivity index (χ3v) is 5.01. The molecule has 4 atom stereocenters. The number of hydrogen-bond acceptors (Lipinski definition) is 10. The molecular formula is C20H24ClN5O6. The molecule has 172 valence electrons. The number of nitrogens with zero attached hydrogens (tertiary/aromatic N) is 4. The average molecular weight is 466 g/mol. The minimum Gasteiger partial charge on any atom is -0.463 e. The molecule has 0 saturated carbocycles. The first-order valence-corrected chi connectivity index (χ1v) is 10.3. The monoisotopic (exact) mass is 465 g/mol. The van der Waals surface area contributed by atoms with Crippen molar-refractivity contribution in [1.82, 2.24) is 19.5 Å². The topological polar surface area (TPSA) is 152 Å². The summed E-state index contributed by atoms with van der Waals surface area (Å²) < 4.78 is 18.2. The minimum atomic E-state index is -2.12. The second-order valence-corrected chi connectivity index (χ2v) is 8.14. The van der Waals surface area contributed by atoms with Crippen LogP contribution in [0, 0.1) is 23.1 Å². The number of nitrogens with two attached hydrogens (primary N) is 1. The van der Waals surface area contributed by atoms with E-state index in [0.717, 1.165) is 0 Å². The van der Waals surface area contributed by atoms with Gasteiger partial charge in [-0.05, 0) is 17.5 Å². The number of anilines is 1. The first-order valence-electron chi connectivity index (χ1n) is 9.90. The maximum absolute atomic E-state index is 12.4. The van der Waals surface area contributed by atoms with Crippen LogP contribution in [0.4, 0.5) is 5.82 Å². The number of carbonyl (C=O) groups excluding carboxylic acids is 2. The Labute approximate surface area is 189 Å². The zero-order valence-corrected chi connectivity index (χ0v) is 18.7. The molecule has 0 radical (unpaired) electrons. The zero-order chi connectivity index (χ0) is 23.6. The normalized spacial score (nSPS) is 25.1. The van der Waals surface area contributed by atoms with Crippen molar-refractivity contribution in [2.75, 3.05) is 12.3 Å². The van der Waals surface area contributed by atoms with Crippen LogP contribution in [0.2, 0.25) is 0 Å². The summed E-state index contributed by atoms with van der Waals surface area (Å²) >= 11 is 5.65. The average Bonchev–Trinajstić information content (AvgIpc) is 3.27. The molecule has 0 spiro atoms. The fraction of sp³-hybridized carbons (Fsp3) is 0.550. The number of fused-ring (bicyclic) bond motifs is 1. The van der Waals surface area contributed by atoms with E-state index in [-0.39, 0.29) is 29.5 Å². The highest BCUT2D eigenvalue weighted by atomic mass is 35.5. The second-order valence-electron chi connectivity index (χ2n) is 7.95. The van der Waals surface area contributed by atoms with Gasteiger partial charge in [0.05, 0.1) is 18.2 Å². The number of rotatable bonds is 6. The van der Waals surface area contributed by atoms with Crippen molar-refractivity contribution in [1.29, 1.82) is 0 Å². The van der Waals surface area contributed by atoms with Crippen LogP contribution in [0.25, 0.3) is 11.2 Å². The SMILES string of the molecule is CC(C)C(=O)OC[C@H]1O[C@@H](n2cnc3c(N)ncnc32)[C@@](O)(C#CCl)[C@@H]1OC(=O)C(C)C. The van der Waals surface area contributed by atoms with Gasteiger partial charge in [0.15, 0.2) is 23.8 Å². The molecule has 3 heterocycles. The molecule has 1 aliphatic rings. The van der Waals surface area contributed by atoms with Crippen molar-refractivity contribution in [2.24, 2.45) is 11.8 Å². The van der Waals surface area contributed by atoms with Gasteiger partial charge >= 0.3 is 11.9 Å². The van der Waals surface area contributed by atoms with E-state index in [9.17, 15) is 14.7 Å². The Balaban J connectivity index is 2.05. The summed E-state index contributed by atoms with van der Waals surface area (Å²) in [4.78, 5) is 36.6. The summed E-state index contributed by atoms with van der Waals surface area (Å²) in [6.07, 6.45) is -1.07. The molecule has 2 aromatic rings. The molecule has 12 heteroatoms. The lowest BCUT2D eigenvalue weighted by molar-refractivity contribution is -0.166. The number of esters is 2. The van der Waals surface area contributed by atoms with Crippen LogP contribution in [0.15, 0.2) is 12.7 Å². The lowest BCUT2D eigenvalue weighted by Gasteiger charge is -2.29. The van der Waals surface area contributed by atoms with Crippen LogP contribution >= 0.6 is 11.6 Å². The Bertz CT molecular complexity index is 1080. The van der Waals surface area contributed by atoms with E-state index in [2.05, 4.69) is 26.3 Å². The Morgan fingerprint density at radius 2 is 1.97 bits per heavy atom. The highest BCUT2D eigenvalue weighted by molar-refractivity contribution is 6.30. The van der Waals surface area contributed by atoms with Gasteiger partial charge in [-0.3, -0.25) is 14.2 Å². The molecule has 0 aromatic carbocycles. The van der Waals surface area contributed by atoms with Crippen LogP contribution < -0.4 is 5.73 Å². The molecule has 1 fully saturated rings. The van der Waals surface area contributed by atoms with Gasteiger partial charge in [0.25, 0.3) is 0 Å². The third kappa shape index (κ3) is 4.34. The Kier molecular flexibility index (Phi) is 6.88. The number of hydrogen-bond donors (Lipinski definition) is 2. The first-order chi connectivity index (χ1) is 15.1. The van der Waals surface area contributed by atoms with E-state index in [1.807, 2.05) is 0 Å². The molecule has 3 N–H and O–H groups in total. The smallest absolute Gasteiger partial charge is 0.308 e. The van der Waals surface area contributed by atoms with E-state index >= 15 is 0 Å². The highest BCUT2D eigenvalue weighted by Gasteiger charge is 2.59. The molecule has 1 aliphatic heterocycles. The summed E-state index contributed by atoms with van der Waals surface area (Å²) in [6, 6.07) is 0. The maximum atomic E-state index is 12.4. The molecule has 2 aromatic heterocycles. The van der Waals surface area contributed by atoms with Crippen molar-refractivity contribution in [3.63, 3.8) is 0 Å². The number of carbonyl (C=O) groups is 2. The van der Waals surface area contributed by atoms with Crippen molar-refractivity contribution in [3.05, 3.63) is 12.7 Å². The van der Waals surface area contributed by atoms with Gasteiger partial charge in [0.2, 0.25) is 5.60 Å². The molecule has 0 aliphatic carbocycles. The summed E-state index contributed by atoms with van der Waals surface area (Å²) in [7, 11) is 0. The van der Waals surface area contributed by atoms with Gasteiger partial charge in [-0.15, -0.1) is 0 Å². The van der Waals surface area contributed by atoms with Gasteiger partial charge in [-0.1, -0.05) is 27.7 Å². The van der Waals surface area contributed by atoms with Crippen molar-refractivity contribution in [2.45, 2.75) is 51.7 Å². The van der Waals surface area contributed by atoms with Gasteiger partial charge in [0.1, 0.15) is 24.6 Å². The van der Waals surface area contributed by atoms with Crippen LogP contribution in [0.5, 0.6) is 0 Å². The molecule has 0 bridgehead atoms. The van der Waals surface area contributed by atoms with Crippen molar-refractivity contribution < 1.29 is 28.9 Å². The van der Waals surface area contributed by atoms with Gasteiger partial charge in [-0.2, -0.15) is 0 Å². The van der Waals surface area contributed by atoms with Crippen LogP contribution in [0.3, 0.4) is 0 Å². The fourth-order valence-corrected chi connectivity index (χ4v) is 3.33. The lowest BCUT2D eigenvalue weighted by atomic mass is 9.94. The zero-order valence-electron chi connectivity index (χ0n) is 18.0. The molecule has 0 amide bonds. The number of halogens is 1. The highest BCUT2D eigenvalue weighted by Crippen LogP contribution is 2.42. The van der Waals surface area contributed by atoms with Crippen LogP contribution in [0.1, 0.15) is 33.9 Å². The maximum Gasteiger partial charge on any atom is 0.308 e. The molecule has 1 saturated heterocycles. The second kappa shape index (κ2) is 9.28. The first kappa shape index (κ1) is 23.7. The third-order valence-electron chi connectivity index (χ3n) is 4.91. The summed E-state index contributed by atoms with van der Waals surface area (Å²) in [5, 5.41) is 13.7. The number of ether oxygens (including phenoxy) is 3. The molecule has 3 rings (SSSR count). The Hall–Kier alpha value is -2.94. The van der Waals surface area contributed by atoms with E-state index in [0.29, 0.717) is 0 Å². The molecule has 32 heavy (non-hydrogen) atoms. The van der Waals surface area contributed by atoms with Crippen molar-refractivity contribution >= 4 is 40.5 Å². The number of aromatic nitrogens is 4. The van der Waals surface area contributed by atoms with Crippen LogP contribution in [-0.4, -0.2) is 61.0 Å². The lowest BCUT2D eigenvalue weighted by Crippen LogP contribution is -2.49. The Morgan fingerprint density at radius 3 is 2.59 bits per heavy atom. The van der Waals surface area contributed by atoms with Gasteiger partial charge in [-0.25, -0.2) is 15.0 Å². The largest absolute Gasteiger partial charge is 0.463 e. The predicted octanol–water partition coefficient (Wildman–Crippen LogP) is 1.00. The molecular weight excluding hydrogens is 442 g/mol. The van der Waals surface area contributed by atoms with E-state index in [4.69, 9.17) is 31.5 Å². The number of aliphatic hydroxyl groups is 1. The van der Waals surface area contributed by atoms with E-state index in [1.165, 1.54) is 17.2 Å². The number of imidazole rings is 1. The van der Waals surface area contributed by atoms with Gasteiger partial charge in [0, 0.05) is 5.38 Å². The summed E-state index contributed by atoms with van der Waals surface area (Å²) in [6.45, 7) is 6.33. The summed E-state index contributed by atoms with van der Waals surface area (Å²) in [5.74, 6) is 0.642. The standard InChI is InChI=1S/C20H24ClN5O6/c1-10(2)17(27)30-7-12-14(32-18(28)11(3)4)20(29,5-6-21)19(31-12)26-9-25-13-15(22)23-8-24-16(13)26/h8-12,14,19,29H,7H2,1-4H3,(H2,22,23,24)/t12-,14-,19-,20-/m1/s1.